The van der Waals surface area contributed by atoms with Crippen LogP contribution >= 0.6 is 11.8 Å². The van der Waals surface area contributed by atoms with E-state index in [-0.39, 0.29) is 40.8 Å². The minimum atomic E-state index is -1.15. The molecule has 0 N–H and O–H groups in total. The Hall–Kier alpha value is 0.290. The number of thioether (sulfide) groups is 1. The van der Waals surface area contributed by atoms with Gasteiger partial charge < -0.3 is 14.8 Å². The molecule has 2 rings (SSSR count). The van der Waals surface area contributed by atoms with Crippen molar-refractivity contribution in [3.8, 4) is 0 Å². The maximum absolute atomic E-state index is 11.1. The second-order valence-electron chi connectivity index (χ2n) is 3.90. The number of aliphatic carboxylic acids is 1. The van der Waals surface area contributed by atoms with E-state index < -0.39 is 16.8 Å². The third-order valence-corrected chi connectivity index (χ3v) is 4.04. The molecule has 1 unspecified atom stereocenters. The Morgan fingerprint density at radius 2 is 2.21 bits per heavy atom. The molecule has 0 spiro atoms. The molecule has 2 fully saturated rings. The van der Waals surface area contributed by atoms with E-state index in [1.807, 2.05) is 13.8 Å². The van der Waals surface area contributed by atoms with Crippen LogP contribution in [0.15, 0.2) is 0 Å². The van der Waals surface area contributed by atoms with Gasteiger partial charge >= 0.3 is 29.6 Å². The summed E-state index contributed by atoms with van der Waals surface area (Å²) in [5.41, 5.74) is 0. The second kappa shape index (κ2) is 3.70. The van der Waals surface area contributed by atoms with Crippen LogP contribution in [0.25, 0.3) is 0 Å². The molecule has 0 saturated carbocycles. The molecule has 1 amide bonds. The summed E-state index contributed by atoms with van der Waals surface area (Å²) in [6.45, 7) is 3.67. The Bertz CT molecular complexity index is 294. The van der Waals surface area contributed by atoms with E-state index in [1.54, 1.807) is 11.8 Å². The molecule has 2 heterocycles. The molecule has 2 aliphatic rings. The van der Waals surface area contributed by atoms with E-state index in [0.29, 0.717) is 6.42 Å². The number of carbonyl (C=O) groups excluding carboxylic acids is 2. The van der Waals surface area contributed by atoms with E-state index >= 15 is 0 Å². The summed E-state index contributed by atoms with van der Waals surface area (Å²) in [6.07, 6.45) is 0.470. The maximum Gasteiger partial charge on any atom is 1.00 e. The maximum atomic E-state index is 11.1. The summed E-state index contributed by atoms with van der Waals surface area (Å²) in [6, 6.07) is -0.760. The molecule has 2 aliphatic heterocycles. The van der Waals surface area contributed by atoms with Crippen molar-refractivity contribution in [1.29, 1.82) is 0 Å². The van der Waals surface area contributed by atoms with Gasteiger partial charge in [-0.3, -0.25) is 4.79 Å². The first-order valence-electron chi connectivity index (χ1n) is 4.13. The van der Waals surface area contributed by atoms with Crippen molar-refractivity contribution < 1.29 is 44.3 Å². The molecule has 2 saturated heterocycles. The van der Waals surface area contributed by atoms with Crippen molar-refractivity contribution in [3.63, 3.8) is 0 Å². The molecule has 0 radical (unpaired) electrons. The fourth-order valence-corrected chi connectivity index (χ4v) is 3.58. The van der Waals surface area contributed by atoms with Crippen molar-refractivity contribution in [2.75, 3.05) is 0 Å². The number of hydrogen-bond acceptors (Lipinski definition) is 4. The molecule has 6 heteroatoms. The summed E-state index contributed by atoms with van der Waals surface area (Å²) in [5.74, 6) is -1.22. The Labute approximate surface area is 109 Å². The quantitative estimate of drug-likeness (QED) is 0.338. The van der Waals surface area contributed by atoms with Gasteiger partial charge in [-0.25, -0.2) is 0 Å². The van der Waals surface area contributed by atoms with Gasteiger partial charge in [-0.2, -0.15) is 0 Å². The van der Waals surface area contributed by atoms with Crippen molar-refractivity contribution in [2.45, 2.75) is 36.4 Å². The number of amides is 1. The van der Waals surface area contributed by atoms with Crippen LogP contribution in [0.5, 0.6) is 0 Å². The minimum absolute atomic E-state index is 0. The zero-order valence-corrected chi connectivity index (χ0v) is 11.3. The largest absolute Gasteiger partial charge is 1.00 e. The number of carbonyl (C=O) groups is 2. The Morgan fingerprint density at radius 3 is 2.57 bits per heavy atom. The van der Waals surface area contributed by atoms with Crippen molar-refractivity contribution in [2.24, 2.45) is 0 Å². The molecule has 72 valence electrons. The Balaban J connectivity index is 0.000000980. The molecule has 0 bridgehead atoms. The number of β-lactam (4-membered cyclic amide) rings is 1. The predicted molar refractivity (Wildman–Crippen MR) is 45.7 cm³/mol. The third kappa shape index (κ3) is 1.60. The van der Waals surface area contributed by atoms with Crippen LogP contribution in [0.4, 0.5) is 0 Å². The minimum Gasteiger partial charge on any atom is -0.548 e. The van der Waals surface area contributed by atoms with Crippen LogP contribution in [0.2, 0.25) is 0 Å². The number of fused-ring (bicyclic) bond motifs is 1. The zero-order chi connectivity index (χ0) is 9.80. The third-order valence-electron chi connectivity index (χ3n) is 2.55. The summed E-state index contributed by atoms with van der Waals surface area (Å²) in [4.78, 5) is 23.4. The fourth-order valence-electron chi connectivity index (χ4n) is 1.96. The van der Waals surface area contributed by atoms with Gasteiger partial charge in [0.1, 0.15) is 0 Å². The van der Waals surface area contributed by atoms with Crippen LogP contribution in [0, 0.1) is 0 Å². The standard InChI is InChI=1S/C8H11NO3S.Na/c1-8(2)6(7(11)12)9-4(10)3-5(9)13-8;/h5-6H,3H2,1-2H3,(H,11,12);/q;+1/p-1/t5-,6?;/m0./s1. The number of rotatable bonds is 1. The van der Waals surface area contributed by atoms with Gasteiger partial charge in [-0.05, 0) is 13.8 Å². The van der Waals surface area contributed by atoms with Crippen LogP contribution < -0.4 is 34.7 Å². The first-order valence-corrected chi connectivity index (χ1v) is 5.01. The molecule has 0 aromatic heterocycles. The van der Waals surface area contributed by atoms with E-state index in [0.717, 1.165) is 0 Å². The molecule has 2 atom stereocenters. The van der Waals surface area contributed by atoms with Gasteiger partial charge in [0.2, 0.25) is 5.91 Å². The van der Waals surface area contributed by atoms with Gasteiger partial charge in [0.15, 0.2) is 0 Å². The molecular formula is C8H10NNaO3S. The molecule has 4 nitrogen and oxygen atoms in total. The summed E-state index contributed by atoms with van der Waals surface area (Å²) >= 11 is 1.54. The van der Waals surface area contributed by atoms with E-state index in [2.05, 4.69) is 0 Å². The van der Waals surface area contributed by atoms with Gasteiger partial charge in [0.25, 0.3) is 0 Å². The Kier molecular flexibility index (Phi) is 3.27. The SMILES string of the molecule is CC1(C)S[C@H]2CC(=O)N2C1C(=O)[O-].[Na+]. The number of carboxylic acid groups (broad SMARTS) is 1. The monoisotopic (exact) mass is 223 g/mol. The summed E-state index contributed by atoms with van der Waals surface area (Å²) in [5, 5.41) is 10.9. The van der Waals surface area contributed by atoms with Crippen molar-refractivity contribution in [1.82, 2.24) is 4.90 Å². The first-order chi connectivity index (χ1) is 5.93. The molecule has 0 aliphatic carbocycles. The summed E-state index contributed by atoms with van der Waals surface area (Å²) < 4.78 is -0.421. The van der Waals surface area contributed by atoms with Crippen LogP contribution in [-0.2, 0) is 9.59 Å². The van der Waals surface area contributed by atoms with Crippen LogP contribution in [-0.4, -0.2) is 32.9 Å². The molecule has 0 aromatic rings. The van der Waals surface area contributed by atoms with E-state index in [9.17, 15) is 14.7 Å². The van der Waals surface area contributed by atoms with Crippen molar-refractivity contribution in [3.05, 3.63) is 0 Å². The van der Waals surface area contributed by atoms with Gasteiger partial charge in [-0.1, -0.05) is 0 Å². The number of hydrogen-bond donors (Lipinski definition) is 0. The zero-order valence-electron chi connectivity index (χ0n) is 8.44. The smallest absolute Gasteiger partial charge is 0.548 e. The molecule has 14 heavy (non-hydrogen) atoms. The normalized spacial score (nSPS) is 33.0. The van der Waals surface area contributed by atoms with E-state index in [1.165, 1.54) is 4.90 Å². The van der Waals surface area contributed by atoms with Gasteiger partial charge in [0, 0.05) is 4.75 Å². The number of nitrogens with zero attached hydrogens (tertiary/aromatic N) is 1. The first kappa shape index (κ1) is 12.4. The Morgan fingerprint density at radius 1 is 1.64 bits per heavy atom. The average Bonchev–Trinajstić information content (AvgIpc) is 2.18. The van der Waals surface area contributed by atoms with Crippen LogP contribution in [0.3, 0.4) is 0 Å². The van der Waals surface area contributed by atoms with Crippen LogP contribution in [0.1, 0.15) is 20.3 Å². The average molecular weight is 223 g/mol. The van der Waals surface area contributed by atoms with Crippen molar-refractivity contribution >= 4 is 23.6 Å². The molecule has 0 aromatic carbocycles. The van der Waals surface area contributed by atoms with Gasteiger partial charge in [0.05, 0.1) is 23.8 Å². The summed E-state index contributed by atoms with van der Waals surface area (Å²) in [7, 11) is 0. The molecular weight excluding hydrogens is 213 g/mol. The second-order valence-corrected chi connectivity index (χ2v) is 5.73. The van der Waals surface area contributed by atoms with Gasteiger partial charge in [-0.15, -0.1) is 11.8 Å². The number of carboxylic acids is 1. The van der Waals surface area contributed by atoms with E-state index in [4.69, 9.17) is 0 Å². The predicted octanol–water partition coefficient (Wildman–Crippen LogP) is -3.81. The fraction of sp³-hybridized carbons (Fsp3) is 0.750. The topological polar surface area (TPSA) is 60.4 Å².